The van der Waals surface area contributed by atoms with E-state index in [4.69, 9.17) is 9.47 Å². The van der Waals surface area contributed by atoms with Crippen molar-refractivity contribution in [1.82, 2.24) is 0 Å². The van der Waals surface area contributed by atoms with Crippen molar-refractivity contribution in [2.24, 2.45) is 11.8 Å². The minimum absolute atomic E-state index is 0.0228. The maximum atomic E-state index is 11.9. The number of fused-ring (bicyclic) bond motifs is 4. The summed E-state index contributed by atoms with van der Waals surface area (Å²) in [6.45, 7) is 7.13. The van der Waals surface area contributed by atoms with Gasteiger partial charge in [0, 0.05) is 18.8 Å². The van der Waals surface area contributed by atoms with Gasteiger partial charge in [0.15, 0.2) is 5.79 Å². The maximum absolute atomic E-state index is 11.9. The Balaban J connectivity index is 2.03. The molecule has 0 aromatic heterocycles. The Bertz CT molecular complexity index is 487. The molecule has 0 aliphatic carbocycles. The summed E-state index contributed by atoms with van der Waals surface area (Å²) in [7, 11) is 0. The number of aliphatic hydroxyl groups excluding tert-OH is 1. The second kappa shape index (κ2) is 4.52. The molecule has 3 aliphatic heterocycles. The summed E-state index contributed by atoms with van der Waals surface area (Å²) in [6, 6.07) is 0. The van der Waals surface area contributed by atoms with Crippen molar-refractivity contribution in [2.45, 2.75) is 62.8 Å². The zero-order chi connectivity index (χ0) is 15.6. The molecular weight excluding hydrogens is 276 g/mol. The van der Waals surface area contributed by atoms with Gasteiger partial charge in [-0.05, 0) is 13.3 Å². The molecule has 7 atom stereocenters. The van der Waals surface area contributed by atoms with Crippen LogP contribution < -0.4 is 0 Å². The van der Waals surface area contributed by atoms with Gasteiger partial charge in [-0.25, -0.2) is 0 Å². The van der Waals surface area contributed by atoms with Crippen LogP contribution in [0, 0.1) is 11.8 Å². The summed E-state index contributed by atoms with van der Waals surface area (Å²) in [6.07, 6.45) is -1.98. The van der Waals surface area contributed by atoms with Gasteiger partial charge < -0.3 is 24.8 Å². The lowest BCUT2D eigenvalue weighted by Crippen LogP contribution is -2.48. The average molecular weight is 298 g/mol. The molecule has 2 bridgehead atoms. The summed E-state index contributed by atoms with van der Waals surface area (Å²) in [5.74, 6) is -2.90. The third-order valence-electron chi connectivity index (χ3n) is 4.94. The molecule has 3 aliphatic rings. The van der Waals surface area contributed by atoms with Gasteiger partial charge in [-0.15, -0.1) is 0 Å². The van der Waals surface area contributed by atoms with Crippen molar-refractivity contribution in [3.05, 3.63) is 12.2 Å². The van der Waals surface area contributed by atoms with Crippen LogP contribution in [-0.2, 0) is 14.3 Å². The summed E-state index contributed by atoms with van der Waals surface area (Å²) in [5, 5.41) is 31.5. The monoisotopic (exact) mass is 298 g/mol. The number of aliphatic hydroxyl groups is 3. The largest absolute Gasteiger partial charge is 0.459 e. The molecule has 21 heavy (non-hydrogen) atoms. The highest BCUT2D eigenvalue weighted by Gasteiger charge is 2.61. The number of carbonyl (C=O) groups excluding carboxylic acids is 1. The minimum Gasteiger partial charge on any atom is -0.459 e. The summed E-state index contributed by atoms with van der Waals surface area (Å²) < 4.78 is 11.0. The number of hydrogen-bond acceptors (Lipinski definition) is 6. The van der Waals surface area contributed by atoms with Gasteiger partial charge in [-0.1, -0.05) is 19.1 Å². The lowest BCUT2D eigenvalue weighted by Gasteiger charge is -2.33. The molecule has 3 fully saturated rings. The molecule has 0 radical (unpaired) electrons. The SMILES string of the molecule is C=C1C[C@H](O)[C@@H]2[C@H](OC(=O)[C@H]2C)[C@@H]2O[C@@](O)(C1)C[C@@]2(C)O. The van der Waals surface area contributed by atoms with Crippen LogP contribution in [0.25, 0.3) is 0 Å². The Morgan fingerprint density at radius 3 is 2.71 bits per heavy atom. The molecule has 0 aromatic rings. The second-order valence-electron chi connectivity index (χ2n) is 6.98. The molecular formula is C15H22O6. The van der Waals surface area contributed by atoms with Gasteiger partial charge in [0.2, 0.25) is 0 Å². The lowest BCUT2D eigenvalue weighted by atomic mass is 9.77. The van der Waals surface area contributed by atoms with Crippen molar-refractivity contribution in [3.8, 4) is 0 Å². The number of ether oxygens (including phenoxy) is 2. The third-order valence-corrected chi connectivity index (χ3v) is 4.94. The van der Waals surface area contributed by atoms with E-state index in [0.29, 0.717) is 5.57 Å². The zero-order valence-electron chi connectivity index (χ0n) is 12.3. The summed E-state index contributed by atoms with van der Waals surface area (Å²) >= 11 is 0. The highest BCUT2D eigenvalue weighted by molar-refractivity contribution is 5.75. The van der Waals surface area contributed by atoms with E-state index in [1.54, 1.807) is 13.8 Å². The molecule has 0 spiro atoms. The Hall–Kier alpha value is -0.950. The zero-order valence-corrected chi connectivity index (χ0v) is 12.3. The van der Waals surface area contributed by atoms with Gasteiger partial charge >= 0.3 is 5.97 Å². The lowest BCUT2D eigenvalue weighted by molar-refractivity contribution is -0.215. The fourth-order valence-corrected chi connectivity index (χ4v) is 4.06. The van der Waals surface area contributed by atoms with Crippen LogP contribution in [0.15, 0.2) is 12.2 Å². The van der Waals surface area contributed by atoms with Gasteiger partial charge in [0.1, 0.15) is 12.2 Å². The standard InChI is InChI=1S/C15H22O6/c1-7-4-9(16)10-8(2)13(17)20-11(10)12-14(3,18)6-15(19,5-7)21-12/h8-12,16,18-19H,1,4-6H2,2-3H3/t8-,9-,10+,11-,12-,14+,15-/m0/s1. The number of esters is 1. The van der Waals surface area contributed by atoms with E-state index < -0.39 is 47.5 Å². The first kappa shape index (κ1) is 15.0. The van der Waals surface area contributed by atoms with E-state index in [9.17, 15) is 20.1 Å². The molecule has 3 heterocycles. The van der Waals surface area contributed by atoms with Crippen molar-refractivity contribution in [3.63, 3.8) is 0 Å². The average Bonchev–Trinajstić information content (AvgIpc) is 2.73. The van der Waals surface area contributed by atoms with Crippen molar-refractivity contribution in [2.75, 3.05) is 0 Å². The number of rotatable bonds is 0. The highest BCUT2D eigenvalue weighted by atomic mass is 16.7. The molecule has 0 unspecified atom stereocenters. The fourth-order valence-electron chi connectivity index (χ4n) is 4.06. The fraction of sp³-hybridized carbons (Fsp3) is 0.800. The Kier molecular flexibility index (Phi) is 3.22. The minimum atomic E-state index is -1.53. The molecule has 3 rings (SSSR count). The van der Waals surface area contributed by atoms with Crippen LogP contribution in [0.5, 0.6) is 0 Å². The van der Waals surface area contributed by atoms with E-state index in [-0.39, 0.29) is 19.3 Å². The normalized spacial score (nSPS) is 53.7. The van der Waals surface area contributed by atoms with Crippen molar-refractivity contribution in [1.29, 1.82) is 0 Å². The first-order valence-electron chi connectivity index (χ1n) is 7.31. The molecule has 0 saturated carbocycles. The molecule has 0 amide bonds. The quantitative estimate of drug-likeness (QED) is 0.434. The van der Waals surface area contributed by atoms with Gasteiger partial charge in [-0.2, -0.15) is 0 Å². The van der Waals surface area contributed by atoms with Crippen molar-refractivity contribution < 1.29 is 29.6 Å². The molecule has 6 nitrogen and oxygen atoms in total. The molecule has 118 valence electrons. The van der Waals surface area contributed by atoms with E-state index in [0.717, 1.165) is 0 Å². The first-order valence-corrected chi connectivity index (χ1v) is 7.31. The van der Waals surface area contributed by atoms with E-state index >= 15 is 0 Å². The maximum Gasteiger partial charge on any atom is 0.309 e. The first-order chi connectivity index (χ1) is 9.63. The Morgan fingerprint density at radius 2 is 2.05 bits per heavy atom. The molecule has 6 heteroatoms. The van der Waals surface area contributed by atoms with E-state index in [2.05, 4.69) is 6.58 Å². The second-order valence-corrected chi connectivity index (χ2v) is 6.98. The predicted octanol–water partition coefficient (Wildman–Crippen LogP) is 0.103. The molecule has 3 saturated heterocycles. The van der Waals surface area contributed by atoms with Crippen LogP contribution in [0.2, 0.25) is 0 Å². The topological polar surface area (TPSA) is 96.2 Å². The summed E-state index contributed by atoms with van der Waals surface area (Å²) in [5.41, 5.74) is -0.701. The number of carbonyl (C=O) groups is 1. The van der Waals surface area contributed by atoms with E-state index in [1.165, 1.54) is 0 Å². The highest BCUT2D eigenvalue weighted by Crippen LogP contribution is 2.48. The molecule has 3 N–H and O–H groups in total. The third kappa shape index (κ3) is 2.30. The van der Waals surface area contributed by atoms with E-state index in [1.807, 2.05) is 0 Å². The van der Waals surface area contributed by atoms with Crippen LogP contribution in [0.3, 0.4) is 0 Å². The predicted molar refractivity (Wildman–Crippen MR) is 72.0 cm³/mol. The van der Waals surface area contributed by atoms with Crippen LogP contribution in [-0.4, -0.2) is 51.0 Å². The van der Waals surface area contributed by atoms with Crippen LogP contribution in [0.4, 0.5) is 0 Å². The summed E-state index contributed by atoms with van der Waals surface area (Å²) in [4.78, 5) is 11.9. The van der Waals surface area contributed by atoms with Gasteiger partial charge in [0.05, 0.1) is 17.6 Å². The van der Waals surface area contributed by atoms with Crippen LogP contribution >= 0.6 is 0 Å². The Labute approximate surface area is 123 Å². The van der Waals surface area contributed by atoms with Gasteiger partial charge in [0.25, 0.3) is 0 Å². The molecule has 0 aromatic carbocycles. The smallest absolute Gasteiger partial charge is 0.309 e. The van der Waals surface area contributed by atoms with Gasteiger partial charge in [-0.3, -0.25) is 4.79 Å². The number of hydrogen-bond donors (Lipinski definition) is 3. The Morgan fingerprint density at radius 1 is 1.38 bits per heavy atom. The van der Waals surface area contributed by atoms with Crippen molar-refractivity contribution >= 4 is 5.97 Å². The van der Waals surface area contributed by atoms with Crippen LogP contribution in [0.1, 0.15) is 33.1 Å².